The lowest BCUT2D eigenvalue weighted by atomic mass is 10.1. The number of amides is 2. The number of nitrogens with zero attached hydrogens (tertiary/aromatic N) is 1. The van der Waals surface area contributed by atoms with Crippen LogP contribution in [0.3, 0.4) is 0 Å². The summed E-state index contributed by atoms with van der Waals surface area (Å²) in [6.45, 7) is 6.65. The zero-order valence-electron chi connectivity index (χ0n) is 17.0. The van der Waals surface area contributed by atoms with Crippen LogP contribution in [0.15, 0.2) is 48.5 Å². The average molecular weight is 394 g/mol. The van der Waals surface area contributed by atoms with Gasteiger partial charge >= 0.3 is 5.97 Å². The molecule has 1 aliphatic heterocycles. The van der Waals surface area contributed by atoms with Gasteiger partial charge in [0.15, 0.2) is 0 Å². The third-order valence-corrected chi connectivity index (χ3v) is 4.78. The molecule has 1 saturated heterocycles. The van der Waals surface area contributed by atoms with Crippen LogP contribution in [0.4, 0.5) is 11.4 Å². The van der Waals surface area contributed by atoms with E-state index in [-0.39, 0.29) is 30.1 Å². The van der Waals surface area contributed by atoms with Crippen LogP contribution >= 0.6 is 0 Å². The molecule has 6 heteroatoms. The minimum Gasteiger partial charge on any atom is -0.462 e. The molecule has 0 radical (unpaired) electrons. The summed E-state index contributed by atoms with van der Waals surface area (Å²) in [5.41, 5.74) is 2.94. The number of nitrogens with one attached hydrogen (secondary N) is 1. The van der Waals surface area contributed by atoms with Gasteiger partial charge < -0.3 is 15.0 Å². The maximum absolute atomic E-state index is 12.6. The Balaban J connectivity index is 1.58. The first kappa shape index (κ1) is 20.6. The summed E-state index contributed by atoms with van der Waals surface area (Å²) in [6, 6.07) is 14.3. The van der Waals surface area contributed by atoms with Crippen molar-refractivity contribution in [3.05, 3.63) is 59.7 Å². The highest BCUT2D eigenvalue weighted by Crippen LogP contribution is 2.26. The van der Waals surface area contributed by atoms with E-state index in [0.29, 0.717) is 24.4 Å². The second-order valence-electron chi connectivity index (χ2n) is 7.80. The van der Waals surface area contributed by atoms with Crippen molar-refractivity contribution in [3.63, 3.8) is 0 Å². The summed E-state index contributed by atoms with van der Waals surface area (Å²) in [5, 5.41) is 2.83. The van der Waals surface area contributed by atoms with Crippen molar-refractivity contribution in [2.24, 2.45) is 11.8 Å². The smallest absolute Gasteiger partial charge is 0.338 e. The van der Waals surface area contributed by atoms with Gasteiger partial charge in [0.05, 0.1) is 18.1 Å². The number of carbonyl (C=O) groups excluding carboxylic acids is 3. The monoisotopic (exact) mass is 394 g/mol. The van der Waals surface area contributed by atoms with E-state index in [0.717, 1.165) is 11.3 Å². The molecular weight excluding hydrogens is 368 g/mol. The molecule has 0 spiro atoms. The number of carbonyl (C=O) groups is 3. The highest BCUT2D eigenvalue weighted by atomic mass is 16.5. The van der Waals surface area contributed by atoms with Gasteiger partial charge in [0.25, 0.3) is 0 Å². The lowest BCUT2D eigenvalue weighted by Gasteiger charge is -2.17. The maximum Gasteiger partial charge on any atom is 0.338 e. The number of aryl methyl sites for hydroxylation is 1. The summed E-state index contributed by atoms with van der Waals surface area (Å²) in [4.78, 5) is 38.6. The summed E-state index contributed by atoms with van der Waals surface area (Å²) < 4.78 is 5.20. The minimum atomic E-state index is -0.417. The number of ether oxygens (including phenoxy) is 1. The van der Waals surface area contributed by atoms with Gasteiger partial charge in [0.2, 0.25) is 11.8 Å². The SMILES string of the molecule is Cc1ccc(N2C[C@@H](C(=O)Nc3ccc(C(=O)OCC(C)C)cc3)CC2=O)cc1. The third kappa shape index (κ3) is 5.22. The van der Waals surface area contributed by atoms with Gasteiger partial charge in [0.1, 0.15) is 0 Å². The standard InChI is InChI=1S/C23H26N2O4/c1-15(2)14-29-23(28)17-6-8-19(9-7-17)24-22(27)18-12-21(26)25(13-18)20-10-4-16(3)5-11-20/h4-11,15,18H,12-14H2,1-3H3,(H,24,27)/t18-/m0/s1. The molecule has 1 aliphatic rings. The molecule has 1 fully saturated rings. The predicted octanol–water partition coefficient (Wildman–Crippen LogP) is 3.80. The number of rotatable bonds is 6. The van der Waals surface area contributed by atoms with Gasteiger partial charge in [-0.1, -0.05) is 31.5 Å². The van der Waals surface area contributed by atoms with E-state index in [1.54, 1.807) is 29.2 Å². The van der Waals surface area contributed by atoms with Gasteiger partial charge in [-0.2, -0.15) is 0 Å². The summed E-state index contributed by atoms with van der Waals surface area (Å²) in [7, 11) is 0. The van der Waals surface area contributed by atoms with Crippen LogP contribution in [0, 0.1) is 18.8 Å². The number of hydrogen-bond donors (Lipinski definition) is 1. The van der Waals surface area contributed by atoms with Crippen LogP contribution in [-0.4, -0.2) is 30.9 Å². The molecule has 1 heterocycles. The average Bonchev–Trinajstić information content (AvgIpc) is 3.09. The Hall–Kier alpha value is -3.15. The van der Waals surface area contributed by atoms with E-state index in [9.17, 15) is 14.4 Å². The van der Waals surface area contributed by atoms with E-state index in [2.05, 4.69) is 5.32 Å². The summed E-state index contributed by atoms with van der Waals surface area (Å²) in [5.74, 6) is -0.794. The molecule has 0 aliphatic carbocycles. The highest BCUT2D eigenvalue weighted by molar-refractivity contribution is 6.03. The van der Waals surface area contributed by atoms with Crippen LogP contribution in [0.25, 0.3) is 0 Å². The lowest BCUT2D eigenvalue weighted by molar-refractivity contribution is -0.122. The molecule has 3 rings (SSSR count). The summed E-state index contributed by atoms with van der Waals surface area (Å²) >= 11 is 0. The normalized spacial score (nSPS) is 16.2. The van der Waals surface area contributed by atoms with E-state index < -0.39 is 5.92 Å². The molecule has 2 aromatic carbocycles. The second kappa shape index (κ2) is 8.90. The topological polar surface area (TPSA) is 75.7 Å². The first-order valence-corrected chi connectivity index (χ1v) is 9.78. The van der Waals surface area contributed by atoms with Crippen molar-refractivity contribution in [1.82, 2.24) is 0 Å². The fourth-order valence-corrected chi connectivity index (χ4v) is 3.12. The Bertz CT molecular complexity index is 888. The van der Waals surface area contributed by atoms with E-state index >= 15 is 0 Å². The molecule has 0 bridgehead atoms. The first-order chi connectivity index (χ1) is 13.8. The minimum absolute atomic E-state index is 0.0581. The second-order valence-corrected chi connectivity index (χ2v) is 7.80. The molecule has 2 aromatic rings. The van der Waals surface area contributed by atoms with Crippen molar-refractivity contribution in [2.45, 2.75) is 27.2 Å². The molecular formula is C23H26N2O4. The van der Waals surface area contributed by atoms with E-state index in [1.807, 2.05) is 45.0 Å². The lowest BCUT2D eigenvalue weighted by Crippen LogP contribution is -2.28. The van der Waals surface area contributed by atoms with Crippen LogP contribution in [0.2, 0.25) is 0 Å². The van der Waals surface area contributed by atoms with E-state index in [4.69, 9.17) is 4.74 Å². The number of benzene rings is 2. The Morgan fingerprint density at radius 2 is 1.76 bits per heavy atom. The van der Waals surface area contributed by atoms with Crippen molar-refractivity contribution in [3.8, 4) is 0 Å². The predicted molar refractivity (Wildman–Crippen MR) is 112 cm³/mol. The fraction of sp³-hybridized carbons (Fsp3) is 0.348. The van der Waals surface area contributed by atoms with Gasteiger partial charge in [-0.15, -0.1) is 0 Å². The van der Waals surface area contributed by atoms with Crippen molar-refractivity contribution >= 4 is 29.2 Å². The van der Waals surface area contributed by atoms with Crippen molar-refractivity contribution in [1.29, 1.82) is 0 Å². The van der Waals surface area contributed by atoms with Gasteiger partial charge in [-0.05, 0) is 49.2 Å². The van der Waals surface area contributed by atoms with Crippen LogP contribution in [0.1, 0.15) is 36.2 Å². The Kier molecular flexibility index (Phi) is 6.32. The number of esters is 1. The zero-order valence-corrected chi connectivity index (χ0v) is 17.0. The first-order valence-electron chi connectivity index (χ1n) is 9.78. The molecule has 29 heavy (non-hydrogen) atoms. The Morgan fingerprint density at radius 3 is 2.38 bits per heavy atom. The zero-order chi connectivity index (χ0) is 21.0. The van der Waals surface area contributed by atoms with Crippen molar-refractivity contribution in [2.75, 3.05) is 23.4 Å². The molecule has 1 atom stereocenters. The van der Waals surface area contributed by atoms with Crippen LogP contribution in [0.5, 0.6) is 0 Å². The largest absolute Gasteiger partial charge is 0.462 e. The van der Waals surface area contributed by atoms with Crippen LogP contribution in [-0.2, 0) is 14.3 Å². The van der Waals surface area contributed by atoms with Crippen LogP contribution < -0.4 is 10.2 Å². The Labute approximate surface area is 170 Å². The van der Waals surface area contributed by atoms with Gasteiger partial charge in [0, 0.05) is 24.3 Å². The van der Waals surface area contributed by atoms with Crippen molar-refractivity contribution < 1.29 is 19.1 Å². The number of anilines is 2. The molecule has 2 amide bonds. The summed E-state index contributed by atoms with van der Waals surface area (Å²) in [6.07, 6.45) is 0.180. The molecule has 0 unspecified atom stereocenters. The molecule has 6 nitrogen and oxygen atoms in total. The van der Waals surface area contributed by atoms with Gasteiger partial charge in [-0.25, -0.2) is 4.79 Å². The Morgan fingerprint density at radius 1 is 1.10 bits per heavy atom. The highest BCUT2D eigenvalue weighted by Gasteiger charge is 2.35. The molecule has 152 valence electrons. The third-order valence-electron chi connectivity index (χ3n) is 4.78. The fourth-order valence-electron chi connectivity index (χ4n) is 3.12. The quantitative estimate of drug-likeness (QED) is 0.756. The molecule has 1 N–H and O–H groups in total. The molecule has 0 aromatic heterocycles. The van der Waals surface area contributed by atoms with Gasteiger partial charge in [-0.3, -0.25) is 9.59 Å². The number of hydrogen-bond acceptors (Lipinski definition) is 4. The maximum atomic E-state index is 12.6. The van der Waals surface area contributed by atoms with E-state index in [1.165, 1.54) is 0 Å². The molecule has 0 saturated carbocycles.